The van der Waals surface area contributed by atoms with Crippen molar-refractivity contribution >= 4 is 11.8 Å². The SMILES string of the molecule is CCC(C)CNC1CCCSC1C. The van der Waals surface area contributed by atoms with Crippen molar-refractivity contribution in [3.8, 4) is 0 Å². The number of hydrogen-bond donors (Lipinski definition) is 1. The smallest absolute Gasteiger partial charge is 0.0184 e. The van der Waals surface area contributed by atoms with Crippen LogP contribution in [0.1, 0.15) is 40.0 Å². The summed E-state index contributed by atoms with van der Waals surface area (Å²) < 4.78 is 0. The molecule has 0 bridgehead atoms. The molecule has 1 nitrogen and oxygen atoms in total. The molecule has 0 aromatic heterocycles. The van der Waals surface area contributed by atoms with E-state index in [4.69, 9.17) is 0 Å². The first-order valence-corrected chi connectivity index (χ1v) is 6.64. The summed E-state index contributed by atoms with van der Waals surface area (Å²) in [6, 6.07) is 0.771. The minimum Gasteiger partial charge on any atom is -0.313 e. The topological polar surface area (TPSA) is 12.0 Å². The minimum absolute atomic E-state index is 0.771. The molecule has 1 saturated heterocycles. The van der Waals surface area contributed by atoms with Crippen molar-refractivity contribution in [1.29, 1.82) is 0 Å². The Bertz CT molecular complexity index is 138. The normalized spacial score (nSPS) is 31.6. The molecule has 1 fully saturated rings. The Hall–Kier alpha value is 0.310. The van der Waals surface area contributed by atoms with E-state index >= 15 is 0 Å². The molecule has 0 saturated carbocycles. The van der Waals surface area contributed by atoms with Gasteiger partial charge in [-0.25, -0.2) is 0 Å². The lowest BCUT2D eigenvalue weighted by Crippen LogP contribution is -2.41. The van der Waals surface area contributed by atoms with Crippen molar-refractivity contribution in [2.75, 3.05) is 12.3 Å². The van der Waals surface area contributed by atoms with Gasteiger partial charge in [0.05, 0.1) is 0 Å². The first-order valence-electron chi connectivity index (χ1n) is 5.59. The highest BCUT2D eigenvalue weighted by molar-refractivity contribution is 7.99. The molecular formula is C11H23NS. The van der Waals surface area contributed by atoms with Gasteiger partial charge in [0, 0.05) is 11.3 Å². The van der Waals surface area contributed by atoms with Crippen LogP contribution in [0.3, 0.4) is 0 Å². The van der Waals surface area contributed by atoms with Gasteiger partial charge in [-0.15, -0.1) is 0 Å². The summed E-state index contributed by atoms with van der Waals surface area (Å²) in [5.74, 6) is 2.20. The molecule has 1 aliphatic heterocycles. The van der Waals surface area contributed by atoms with Crippen LogP contribution < -0.4 is 5.32 Å². The fourth-order valence-corrected chi connectivity index (χ4v) is 2.86. The van der Waals surface area contributed by atoms with E-state index in [0.29, 0.717) is 0 Å². The molecule has 3 atom stereocenters. The van der Waals surface area contributed by atoms with Crippen molar-refractivity contribution in [3.05, 3.63) is 0 Å². The molecule has 0 aromatic rings. The van der Waals surface area contributed by atoms with E-state index < -0.39 is 0 Å². The minimum atomic E-state index is 0.771. The molecule has 13 heavy (non-hydrogen) atoms. The fraction of sp³-hybridized carbons (Fsp3) is 1.00. The average molecular weight is 201 g/mol. The van der Waals surface area contributed by atoms with Crippen LogP contribution in [-0.2, 0) is 0 Å². The predicted octanol–water partition coefficient (Wildman–Crippen LogP) is 2.91. The number of thioether (sulfide) groups is 1. The van der Waals surface area contributed by atoms with Crippen LogP contribution in [0.4, 0.5) is 0 Å². The van der Waals surface area contributed by atoms with Gasteiger partial charge in [0.15, 0.2) is 0 Å². The summed E-state index contributed by atoms with van der Waals surface area (Å²) in [5.41, 5.74) is 0. The van der Waals surface area contributed by atoms with Crippen LogP contribution in [0, 0.1) is 5.92 Å². The lowest BCUT2D eigenvalue weighted by atomic mass is 10.1. The lowest BCUT2D eigenvalue weighted by Gasteiger charge is -2.30. The van der Waals surface area contributed by atoms with Gasteiger partial charge in [0.25, 0.3) is 0 Å². The van der Waals surface area contributed by atoms with Gasteiger partial charge in [-0.3, -0.25) is 0 Å². The first kappa shape index (κ1) is 11.4. The van der Waals surface area contributed by atoms with Crippen LogP contribution in [0.15, 0.2) is 0 Å². The van der Waals surface area contributed by atoms with Crippen LogP contribution >= 0.6 is 11.8 Å². The Balaban J connectivity index is 2.18. The third kappa shape index (κ3) is 3.90. The second-order valence-electron chi connectivity index (χ2n) is 4.25. The van der Waals surface area contributed by atoms with Gasteiger partial charge < -0.3 is 5.32 Å². The van der Waals surface area contributed by atoms with Crippen molar-refractivity contribution in [2.24, 2.45) is 5.92 Å². The molecule has 0 radical (unpaired) electrons. The van der Waals surface area contributed by atoms with E-state index in [1.54, 1.807) is 0 Å². The second-order valence-corrected chi connectivity index (χ2v) is 5.73. The van der Waals surface area contributed by atoms with E-state index in [9.17, 15) is 0 Å². The number of hydrogen-bond acceptors (Lipinski definition) is 2. The monoisotopic (exact) mass is 201 g/mol. The lowest BCUT2D eigenvalue weighted by molar-refractivity contribution is 0.410. The maximum atomic E-state index is 3.70. The highest BCUT2D eigenvalue weighted by atomic mass is 32.2. The average Bonchev–Trinajstić information content (AvgIpc) is 2.16. The molecule has 0 aliphatic carbocycles. The molecule has 0 amide bonds. The van der Waals surface area contributed by atoms with E-state index in [-0.39, 0.29) is 0 Å². The maximum absolute atomic E-state index is 3.70. The zero-order valence-electron chi connectivity index (χ0n) is 9.18. The molecule has 3 unspecified atom stereocenters. The number of rotatable bonds is 4. The maximum Gasteiger partial charge on any atom is 0.0184 e. The van der Waals surface area contributed by atoms with Crippen LogP contribution in [0.5, 0.6) is 0 Å². The van der Waals surface area contributed by atoms with Gasteiger partial charge in [0.2, 0.25) is 0 Å². The largest absolute Gasteiger partial charge is 0.313 e. The molecule has 1 N–H and O–H groups in total. The molecular weight excluding hydrogens is 178 g/mol. The summed E-state index contributed by atoms with van der Waals surface area (Å²) in [7, 11) is 0. The van der Waals surface area contributed by atoms with E-state index in [1.165, 1.54) is 31.6 Å². The first-order chi connectivity index (χ1) is 6.24. The van der Waals surface area contributed by atoms with Gasteiger partial charge in [-0.2, -0.15) is 11.8 Å². The molecule has 0 aromatic carbocycles. The van der Waals surface area contributed by atoms with E-state index in [0.717, 1.165) is 17.2 Å². The third-order valence-electron chi connectivity index (χ3n) is 3.03. The summed E-state index contributed by atoms with van der Waals surface area (Å²) in [6.45, 7) is 8.16. The Morgan fingerprint density at radius 2 is 2.31 bits per heavy atom. The Morgan fingerprint density at radius 1 is 1.54 bits per heavy atom. The van der Waals surface area contributed by atoms with Crippen molar-refractivity contribution in [2.45, 2.75) is 51.3 Å². The molecule has 1 rings (SSSR count). The highest BCUT2D eigenvalue weighted by Gasteiger charge is 2.21. The number of nitrogens with one attached hydrogen (secondary N) is 1. The van der Waals surface area contributed by atoms with Crippen molar-refractivity contribution in [3.63, 3.8) is 0 Å². The molecule has 2 heteroatoms. The molecule has 0 spiro atoms. The Morgan fingerprint density at radius 3 is 2.92 bits per heavy atom. The van der Waals surface area contributed by atoms with Gasteiger partial charge in [0.1, 0.15) is 0 Å². The van der Waals surface area contributed by atoms with Gasteiger partial charge in [-0.05, 0) is 31.1 Å². The summed E-state index contributed by atoms with van der Waals surface area (Å²) in [5, 5.41) is 4.52. The summed E-state index contributed by atoms with van der Waals surface area (Å²) in [6.07, 6.45) is 4.07. The molecule has 1 heterocycles. The standard InChI is InChI=1S/C11H23NS/c1-4-9(2)8-12-11-6-5-7-13-10(11)3/h9-12H,4-8H2,1-3H3. The predicted molar refractivity (Wildman–Crippen MR) is 62.4 cm³/mol. The Labute approximate surface area is 87.1 Å². The second kappa shape index (κ2) is 5.92. The Kier molecular flexibility index (Phi) is 5.18. The highest BCUT2D eigenvalue weighted by Crippen LogP contribution is 2.25. The van der Waals surface area contributed by atoms with Gasteiger partial charge >= 0.3 is 0 Å². The summed E-state index contributed by atoms with van der Waals surface area (Å²) in [4.78, 5) is 0. The third-order valence-corrected chi connectivity index (χ3v) is 4.41. The summed E-state index contributed by atoms with van der Waals surface area (Å²) >= 11 is 2.12. The van der Waals surface area contributed by atoms with Crippen LogP contribution in [-0.4, -0.2) is 23.6 Å². The quantitative estimate of drug-likeness (QED) is 0.750. The van der Waals surface area contributed by atoms with E-state index in [2.05, 4.69) is 37.8 Å². The van der Waals surface area contributed by atoms with Crippen molar-refractivity contribution in [1.82, 2.24) is 5.32 Å². The van der Waals surface area contributed by atoms with Gasteiger partial charge in [-0.1, -0.05) is 27.2 Å². The zero-order chi connectivity index (χ0) is 9.68. The van der Waals surface area contributed by atoms with Crippen LogP contribution in [0.2, 0.25) is 0 Å². The fourth-order valence-electron chi connectivity index (χ4n) is 1.69. The molecule has 1 aliphatic rings. The van der Waals surface area contributed by atoms with Crippen LogP contribution in [0.25, 0.3) is 0 Å². The molecule has 78 valence electrons. The van der Waals surface area contributed by atoms with E-state index in [1.807, 2.05) is 0 Å². The van der Waals surface area contributed by atoms with Crippen molar-refractivity contribution < 1.29 is 0 Å². The zero-order valence-corrected chi connectivity index (χ0v) is 9.99.